The number of benzene rings is 1. The van der Waals surface area contributed by atoms with Crippen LogP contribution < -0.4 is 0 Å². The Morgan fingerprint density at radius 3 is 2.70 bits per heavy atom. The van der Waals surface area contributed by atoms with Gasteiger partial charge in [0, 0.05) is 4.88 Å². The minimum Gasteiger partial charge on any atom is -0.476 e. The summed E-state index contributed by atoms with van der Waals surface area (Å²) in [5.74, 6) is -1.03. The first-order chi connectivity index (χ1) is 9.65. The number of aromatic nitrogens is 4. The molecule has 3 aromatic rings. The fraction of sp³-hybridized carbons (Fsp3) is 0.0769. The number of carbonyl (C=O) groups is 1. The van der Waals surface area contributed by atoms with E-state index in [1.54, 1.807) is 13.1 Å². The Balaban J connectivity index is 1.98. The average molecular weight is 286 g/mol. The Bertz CT molecular complexity index is 764. The molecule has 0 aliphatic rings. The second-order valence-electron chi connectivity index (χ2n) is 4.08. The van der Waals surface area contributed by atoms with Crippen molar-refractivity contribution >= 4 is 17.3 Å². The van der Waals surface area contributed by atoms with Crippen molar-refractivity contribution in [2.45, 2.75) is 6.92 Å². The molecule has 20 heavy (non-hydrogen) atoms. The number of hydrogen-bond acceptors (Lipinski definition) is 5. The molecule has 2 heterocycles. The number of aryl methyl sites for hydroxylation is 1. The van der Waals surface area contributed by atoms with Gasteiger partial charge in [-0.2, -0.15) is 9.90 Å². The summed E-state index contributed by atoms with van der Waals surface area (Å²) in [7, 11) is 0. The van der Waals surface area contributed by atoms with E-state index in [2.05, 4.69) is 15.2 Å². The molecule has 0 saturated heterocycles. The first-order valence-electron chi connectivity index (χ1n) is 5.84. The van der Waals surface area contributed by atoms with Gasteiger partial charge in [-0.1, -0.05) is 18.2 Å². The quantitative estimate of drug-likeness (QED) is 0.799. The van der Waals surface area contributed by atoms with Gasteiger partial charge in [0.2, 0.25) is 0 Å². The number of thiazole rings is 1. The molecule has 0 spiro atoms. The lowest BCUT2D eigenvalue weighted by Crippen LogP contribution is -1.99. The number of hydrogen-bond donors (Lipinski definition) is 1. The maximum Gasteiger partial charge on any atom is 0.355 e. The van der Waals surface area contributed by atoms with Crippen LogP contribution in [0.3, 0.4) is 0 Å². The highest BCUT2D eigenvalue weighted by Crippen LogP contribution is 2.26. The van der Waals surface area contributed by atoms with E-state index < -0.39 is 5.97 Å². The summed E-state index contributed by atoms with van der Waals surface area (Å²) in [5.41, 5.74) is 1.47. The van der Waals surface area contributed by atoms with E-state index in [-0.39, 0.29) is 5.69 Å². The van der Waals surface area contributed by atoms with Crippen LogP contribution in [-0.2, 0) is 0 Å². The normalized spacial score (nSPS) is 10.7. The fourth-order valence-corrected chi connectivity index (χ4v) is 2.61. The van der Waals surface area contributed by atoms with Crippen molar-refractivity contribution in [3.8, 4) is 16.4 Å². The van der Waals surface area contributed by atoms with Gasteiger partial charge < -0.3 is 5.11 Å². The molecule has 6 nitrogen and oxygen atoms in total. The summed E-state index contributed by atoms with van der Waals surface area (Å²) in [5, 5.41) is 18.1. The van der Waals surface area contributed by atoms with Gasteiger partial charge in [0.15, 0.2) is 5.69 Å². The molecule has 0 radical (unpaired) electrons. The first-order valence-corrected chi connectivity index (χ1v) is 6.65. The summed E-state index contributed by atoms with van der Waals surface area (Å²) in [6.45, 7) is 1.73. The fourth-order valence-electron chi connectivity index (χ4n) is 1.75. The van der Waals surface area contributed by atoms with E-state index in [4.69, 9.17) is 5.11 Å². The molecule has 0 aliphatic heterocycles. The van der Waals surface area contributed by atoms with Gasteiger partial charge in [-0.25, -0.2) is 9.78 Å². The molecule has 0 fully saturated rings. The number of carboxylic acid groups (broad SMARTS) is 1. The summed E-state index contributed by atoms with van der Waals surface area (Å²) < 4.78 is 0. The van der Waals surface area contributed by atoms with Gasteiger partial charge in [-0.3, -0.25) is 0 Å². The van der Waals surface area contributed by atoms with Crippen molar-refractivity contribution in [3.63, 3.8) is 0 Å². The Morgan fingerprint density at radius 2 is 2.05 bits per heavy atom. The van der Waals surface area contributed by atoms with E-state index in [0.717, 1.165) is 5.69 Å². The minimum atomic E-state index is -1.03. The van der Waals surface area contributed by atoms with E-state index in [0.29, 0.717) is 15.6 Å². The van der Waals surface area contributed by atoms with Crippen molar-refractivity contribution in [1.82, 2.24) is 20.0 Å². The molecule has 100 valence electrons. The van der Waals surface area contributed by atoms with Crippen molar-refractivity contribution < 1.29 is 9.90 Å². The second-order valence-corrected chi connectivity index (χ2v) is 5.29. The SMILES string of the molecule is Cc1sc(-c2cnn(-c3ccccc3)n2)nc1C(=O)O. The molecule has 1 aromatic carbocycles. The third kappa shape index (κ3) is 2.19. The number of rotatable bonds is 3. The lowest BCUT2D eigenvalue weighted by atomic mass is 10.3. The molecule has 7 heteroatoms. The summed E-state index contributed by atoms with van der Waals surface area (Å²) >= 11 is 1.30. The topological polar surface area (TPSA) is 80.9 Å². The molecule has 2 aromatic heterocycles. The zero-order valence-corrected chi connectivity index (χ0v) is 11.3. The number of carboxylic acids is 1. The molecular formula is C13H10N4O2S. The lowest BCUT2D eigenvalue weighted by Gasteiger charge is -1.96. The zero-order chi connectivity index (χ0) is 14.1. The molecular weight excluding hydrogens is 276 g/mol. The number of nitrogens with zero attached hydrogens (tertiary/aromatic N) is 4. The highest BCUT2D eigenvalue weighted by atomic mass is 32.1. The first kappa shape index (κ1) is 12.5. The third-order valence-electron chi connectivity index (χ3n) is 2.70. The Kier molecular flexibility index (Phi) is 3.03. The predicted molar refractivity (Wildman–Crippen MR) is 74.2 cm³/mol. The van der Waals surface area contributed by atoms with E-state index in [9.17, 15) is 4.79 Å². The average Bonchev–Trinajstić information content (AvgIpc) is 3.06. The highest BCUT2D eigenvalue weighted by Gasteiger charge is 2.17. The van der Waals surface area contributed by atoms with E-state index in [1.165, 1.54) is 16.1 Å². The summed E-state index contributed by atoms with van der Waals surface area (Å²) in [4.78, 5) is 17.2. The highest BCUT2D eigenvalue weighted by molar-refractivity contribution is 7.15. The van der Waals surface area contributed by atoms with Crippen molar-refractivity contribution in [2.75, 3.05) is 0 Å². The molecule has 0 amide bonds. The Morgan fingerprint density at radius 1 is 1.30 bits per heavy atom. The van der Waals surface area contributed by atoms with Gasteiger partial charge in [0.25, 0.3) is 0 Å². The third-order valence-corrected chi connectivity index (χ3v) is 3.69. The number of aromatic carboxylic acids is 1. The second kappa shape index (κ2) is 4.86. The van der Waals surface area contributed by atoms with Crippen LogP contribution in [0.5, 0.6) is 0 Å². The standard InChI is InChI=1S/C13H10N4O2S/c1-8-11(13(18)19)15-12(20-8)10-7-14-17(16-10)9-5-3-2-4-6-9/h2-7H,1H3,(H,18,19). The Hall–Kier alpha value is -2.54. The molecule has 0 bridgehead atoms. The van der Waals surface area contributed by atoms with Gasteiger partial charge >= 0.3 is 5.97 Å². The van der Waals surface area contributed by atoms with Crippen LogP contribution in [0.2, 0.25) is 0 Å². The molecule has 0 aliphatic carbocycles. The predicted octanol–water partition coefficient (Wildman–Crippen LogP) is 2.40. The van der Waals surface area contributed by atoms with Crippen LogP contribution in [0.25, 0.3) is 16.4 Å². The van der Waals surface area contributed by atoms with Crippen molar-refractivity contribution in [1.29, 1.82) is 0 Å². The Labute approximate surface area is 118 Å². The minimum absolute atomic E-state index is 0.0688. The van der Waals surface area contributed by atoms with E-state index in [1.807, 2.05) is 30.3 Å². The van der Waals surface area contributed by atoms with Crippen molar-refractivity contribution in [2.24, 2.45) is 0 Å². The van der Waals surface area contributed by atoms with Crippen LogP contribution in [0.4, 0.5) is 0 Å². The monoisotopic (exact) mass is 286 g/mol. The lowest BCUT2D eigenvalue weighted by molar-refractivity contribution is 0.0690. The van der Waals surface area contributed by atoms with Crippen molar-refractivity contribution in [3.05, 3.63) is 47.1 Å². The van der Waals surface area contributed by atoms with Crippen LogP contribution in [0.1, 0.15) is 15.4 Å². The zero-order valence-electron chi connectivity index (χ0n) is 10.5. The summed E-state index contributed by atoms with van der Waals surface area (Å²) in [6, 6.07) is 9.49. The van der Waals surface area contributed by atoms with E-state index >= 15 is 0 Å². The van der Waals surface area contributed by atoms with Crippen LogP contribution in [0.15, 0.2) is 36.5 Å². The molecule has 1 N–H and O–H groups in total. The molecule has 0 atom stereocenters. The van der Waals surface area contributed by atoms with Crippen LogP contribution in [0, 0.1) is 6.92 Å². The molecule has 0 unspecified atom stereocenters. The maximum absolute atomic E-state index is 11.0. The van der Waals surface area contributed by atoms with Gasteiger partial charge in [0.05, 0.1) is 11.9 Å². The number of para-hydroxylation sites is 1. The molecule has 0 saturated carbocycles. The van der Waals surface area contributed by atoms with Gasteiger partial charge in [0.1, 0.15) is 10.7 Å². The van der Waals surface area contributed by atoms with Gasteiger partial charge in [-0.05, 0) is 19.1 Å². The maximum atomic E-state index is 11.0. The van der Waals surface area contributed by atoms with Gasteiger partial charge in [-0.15, -0.1) is 16.4 Å². The smallest absolute Gasteiger partial charge is 0.355 e. The van der Waals surface area contributed by atoms with Crippen LogP contribution >= 0.6 is 11.3 Å². The molecule has 3 rings (SSSR count). The van der Waals surface area contributed by atoms with Crippen LogP contribution in [-0.4, -0.2) is 31.1 Å². The largest absolute Gasteiger partial charge is 0.476 e. The summed E-state index contributed by atoms with van der Waals surface area (Å²) in [6.07, 6.45) is 1.58.